The van der Waals surface area contributed by atoms with Gasteiger partial charge in [0.2, 0.25) is 0 Å². The third kappa shape index (κ3) is 5.68. The van der Waals surface area contributed by atoms with E-state index in [2.05, 4.69) is 16.0 Å². The van der Waals surface area contributed by atoms with Crippen molar-refractivity contribution in [3.63, 3.8) is 0 Å². The molecule has 0 bridgehead atoms. The van der Waals surface area contributed by atoms with Crippen LogP contribution in [0.1, 0.15) is 22.8 Å². The van der Waals surface area contributed by atoms with Gasteiger partial charge >= 0.3 is 12.1 Å². The van der Waals surface area contributed by atoms with Gasteiger partial charge in [0, 0.05) is 22.6 Å². The summed E-state index contributed by atoms with van der Waals surface area (Å²) >= 11 is 0. The minimum absolute atomic E-state index is 0.0449. The van der Waals surface area contributed by atoms with Crippen LogP contribution >= 0.6 is 0 Å². The van der Waals surface area contributed by atoms with Gasteiger partial charge in [0.25, 0.3) is 0 Å². The zero-order valence-electron chi connectivity index (χ0n) is 16.6. The van der Waals surface area contributed by atoms with Gasteiger partial charge in [-0.3, -0.25) is 10.1 Å². The van der Waals surface area contributed by atoms with Crippen molar-refractivity contribution in [2.24, 2.45) is 0 Å². The van der Waals surface area contributed by atoms with Crippen LogP contribution in [0.5, 0.6) is 5.75 Å². The molecule has 0 aliphatic rings. The molecule has 0 fully saturated rings. The Hall–Kier alpha value is -4.13. The molecule has 30 heavy (non-hydrogen) atoms. The number of benzene rings is 3. The van der Waals surface area contributed by atoms with Crippen LogP contribution in [-0.4, -0.2) is 17.9 Å². The lowest BCUT2D eigenvalue weighted by Crippen LogP contribution is -2.20. The minimum atomic E-state index is -0.628. The number of amides is 3. The molecular weight excluding hydrogens is 382 g/mol. The molecule has 0 spiro atoms. The number of anilines is 3. The van der Waals surface area contributed by atoms with Crippen molar-refractivity contribution in [3.05, 3.63) is 83.9 Å². The third-order valence-electron chi connectivity index (χ3n) is 4.24. The van der Waals surface area contributed by atoms with Gasteiger partial charge in [0.15, 0.2) is 5.78 Å². The van der Waals surface area contributed by atoms with E-state index in [9.17, 15) is 14.4 Å². The highest BCUT2D eigenvalue weighted by atomic mass is 16.6. The zero-order chi connectivity index (χ0) is 21.5. The van der Waals surface area contributed by atoms with Crippen molar-refractivity contribution in [1.82, 2.24) is 0 Å². The second-order valence-electron chi connectivity index (χ2n) is 6.57. The molecule has 0 aromatic heterocycles. The first-order chi connectivity index (χ1) is 14.4. The van der Waals surface area contributed by atoms with Gasteiger partial charge in [-0.05, 0) is 67.9 Å². The summed E-state index contributed by atoms with van der Waals surface area (Å²) in [5.74, 6) is 0.383. The first kappa shape index (κ1) is 20.6. The first-order valence-corrected chi connectivity index (χ1v) is 9.24. The van der Waals surface area contributed by atoms with Crippen molar-refractivity contribution >= 4 is 35.0 Å². The molecule has 0 radical (unpaired) electrons. The lowest BCUT2D eigenvalue weighted by molar-refractivity contribution is 0.101. The molecular formula is C23H21N3O4. The average molecular weight is 403 g/mol. The van der Waals surface area contributed by atoms with E-state index in [0.29, 0.717) is 28.4 Å². The molecule has 3 amide bonds. The maximum Gasteiger partial charge on any atom is 0.417 e. The predicted molar refractivity (Wildman–Crippen MR) is 116 cm³/mol. The van der Waals surface area contributed by atoms with Crippen molar-refractivity contribution in [3.8, 4) is 5.75 Å². The molecule has 0 aliphatic carbocycles. The highest BCUT2D eigenvalue weighted by molar-refractivity contribution is 6.01. The van der Waals surface area contributed by atoms with Crippen LogP contribution in [0.25, 0.3) is 0 Å². The third-order valence-corrected chi connectivity index (χ3v) is 4.24. The molecule has 0 atom stereocenters. The summed E-state index contributed by atoms with van der Waals surface area (Å²) in [5.41, 5.74) is 2.94. The van der Waals surface area contributed by atoms with Gasteiger partial charge < -0.3 is 15.4 Å². The Morgan fingerprint density at radius 3 is 2.07 bits per heavy atom. The number of carbonyl (C=O) groups is 3. The molecule has 0 saturated heterocycles. The number of hydrogen-bond donors (Lipinski definition) is 3. The Morgan fingerprint density at radius 2 is 1.40 bits per heavy atom. The molecule has 3 rings (SSSR count). The number of ketones is 1. The molecule has 0 saturated carbocycles. The van der Waals surface area contributed by atoms with E-state index < -0.39 is 12.1 Å². The molecule has 7 heteroatoms. The Kier molecular flexibility index (Phi) is 6.44. The standard InChI is InChI=1S/C23H21N3O4/c1-15-8-11-19(14-21(15)26-23(29)30-20-6-4-3-5-7-20)25-22(28)24-18-12-9-17(10-13-18)16(2)27/h3-14H,1-2H3,(H,26,29)(H2,24,25,28). The van der Waals surface area contributed by atoms with Crippen molar-refractivity contribution < 1.29 is 19.1 Å². The lowest BCUT2D eigenvalue weighted by Gasteiger charge is -2.12. The molecule has 7 nitrogen and oxygen atoms in total. The van der Waals surface area contributed by atoms with Gasteiger partial charge in [-0.15, -0.1) is 0 Å². The molecule has 3 aromatic rings. The van der Waals surface area contributed by atoms with E-state index in [0.717, 1.165) is 5.56 Å². The number of Topliss-reactive ketones (excluding diaryl/α,β-unsaturated/α-hetero) is 1. The van der Waals surface area contributed by atoms with Gasteiger partial charge in [-0.25, -0.2) is 9.59 Å². The Balaban J connectivity index is 1.62. The van der Waals surface area contributed by atoms with Crippen LogP contribution in [0, 0.1) is 6.92 Å². The van der Waals surface area contributed by atoms with Crippen LogP contribution in [0.3, 0.4) is 0 Å². The quantitative estimate of drug-likeness (QED) is 0.493. The SMILES string of the molecule is CC(=O)c1ccc(NC(=O)Nc2ccc(C)c(NC(=O)Oc3ccccc3)c2)cc1. The molecule has 0 aliphatic heterocycles. The summed E-state index contributed by atoms with van der Waals surface area (Å²) in [4.78, 5) is 35.7. The van der Waals surface area contributed by atoms with E-state index in [-0.39, 0.29) is 5.78 Å². The van der Waals surface area contributed by atoms with Crippen LogP contribution in [0.2, 0.25) is 0 Å². The van der Waals surface area contributed by atoms with Crippen LogP contribution < -0.4 is 20.7 Å². The van der Waals surface area contributed by atoms with Crippen LogP contribution in [-0.2, 0) is 0 Å². The van der Waals surface area contributed by atoms with Gasteiger partial charge in [0.1, 0.15) is 5.75 Å². The summed E-state index contributed by atoms with van der Waals surface area (Å²) in [6.07, 6.45) is -0.628. The number of para-hydroxylation sites is 1. The summed E-state index contributed by atoms with van der Waals surface area (Å²) in [5, 5.41) is 8.07. The summed E-state index contributed by atoms with van der Waals surface area (Å²) < 4.78 is 5.23. The van der Waals surface area contributed by atoms with Crippen LogP contribution in [0.15, 0.2) is 72.8 Å². The average Bonchev–Trinajstić information content (AvgIpc) is 2.71. The number of nitrogens with one attached hydrogen (secondary N) is 3. The first-order valence-electron chi connectivity index (χ1n) is 9.24. The second kappa shape index (κ2) is 9.38. The molecule has 3 aromatic carbocycles. The Labute approximate surface area is 174 Å². The summed E-state index contributed by atoms with van der Waals surface area (Å²) in [6, 6.07) is 20.0. The molecule has 152 valence electrons. The summed E-state index contributed by atoms with van der Waals surface area (Å²) in [6.45, 7) is 3.31. The molecule has 3 N–H and O–H groups in total. The normalized spacial score (nSPS) is 10.1. The predicted octanol–water partition coefficient (Wildman–Crippen LogP) is 5.45. The van der Waals surface area contributed by atoms with Crippen molar-refractivity contribution in [1.29, 1.82) is 0 Å². The van der Waals surface area contributed by atoms with E-state index >= 15 is 0 Å². The van der Waals surface area contributed by atoms with E-state index in [1.54, 1.807) is 66.7 Å². The summed E-state index contributed by atoms with van der Waals surface area (Å²) in [7, 11) is 0. The number of hydrogen-bond acceptors (Lipinski definition) is 4. The highest BCUT2D eigenvalue weighted by Crippen LogP contribution is 2.21. The smallest absolute Gasteiger partial charge is 0.410 e. The Bertz CT molecular complexity index is 1060. The minimum Gasteiger partial charge on any atom is -0.410 e. The van der Waals surface area contributed by atoms with Crippen molar-refractivity contribution in [2.45, 2.75) is 13.8 Å². The largest absolute Gasteiger partial charge is 0.417 e. The second-order valence-corrected chi connectivity index (χ2v) is 6.57. The van der Waals surface area contributed by atoms with E-state index in [1.165, 1.54) is 6.92 Å². The fraction of sp³-hybridized carbons (Fsp3) is 0.0870. The number of urea groups is 1. The van der Waals surface area contributed by atoms with Gasteiger partial charge in [0.05, 0.1) is 0 Å². The zero-order valence-corrected chi connectivity index (χ0v) is 16.6. The maximum atomic E-state index is 12.3. The number of aryl methyl sites for hydroxylation is 1. The lowest BCUT2D eigenvalue weighted by atomic mass is 10.1. The van der Waals surface area contributed by atoms with Gasteiger partial charge in [-0.2, -0.15) is 0 Å². The number of ether oxygens (including phenoxy) is 1. The monoisotopic (exact) mass is 403 g/mol. The van der Waals surface area contributed by atoms with Crippen LogP contribution in [0.4, 0.5) is 26.7 Å². The highest BCUT2D eigenvalue weighted by Gasteiger charge is 2.10. The maximum absolute atomic E-state index is 12.3. The molecule has 0 unspecified atom stereocenters. The van der Waals surface area contributed by atoms with Crippen molar-refractivity contribution in [2.75, 3.05) is 16.0 Å². The van der Waals surface area contributed by atoms with E-state index in [1.807, 2.05) is 13.0 Å². The number of rotatable bonds is 5. The molecule has 0 heterocycles. The fourth-order valence-electron chi connectivity index (χ4n) is 2.65. The van der Waals surface area contributed by atoms with Gasteiger partial charge in [-0.1, -0.05) is 24.3 Å². The fourth-order valence-corrected chi connectivity index (χ4v) is 2.65. The Morgan fingerprint density at radius 1 is 0.767 bits per heavy atom. The number of carbonyl (C=O) groups excluding carboxylic acids is 3. The topological polar surface area (TPSA) is 96.5 Å². The van der Waals surface area contributed by atoms with E-state index in [4.69, 9.17) is 4.74 Å².